The number of aliphatic carboxylic acids is 1. The van der Waals surface area contributed by atoms with Crippen molar-refractivity contribution in [2.45, 2.75) is 39.3 Å². The zero-order chi connectivity index (χ0) is 19.1. The quantitative estimate of drug-likeness (QED) is 0.783. The lowest BCUT2D eigenvalue weighted by Crippen LogP contribution is -2.50. The normalized spacial score (nSPS) is 21.5. The smallest absolute Gasteiger partial charge is 0.317 e. The summed E-state index contributed by atoms with van der Waals surface area (Å²) in [7, 11) is 2.09. The average Bonchev–Trinajstić information content (AvgIpc) is 2.61. The van der Waals surface area contributed by atoms with E-state index < -0.39 is 11.9 Å². The van der Waals surface area contributed by atoms with E-state index in [-0.39, 0.29) is 11.9 Å². The van der Waals surface area contributed by atoms with Crippen molar-refractivity contribution in [2.24, 2.45) is 11.8 Å². The van der Waals surface area contributed by atoms with Crippen LogP contribution in [-0.4, -0.2) is 59.6 Å². The van der Waals surface area contributed by atoms with Crippen molar-refractivity contribution >= 4 is 12.0 Å². The van der Waals surface area contributed by atoms with Crippen molar-refractivity contribution < 1.29 is 14.7 Å². The largest absolute Gasteiger partial charge is 0.481 e. The summed E-state index contributed by atoms with van der Waals surface area (Å²) in [6.45, 7) is 6.53. The van der Waals surface area contributed by atoms with Crippen LogP contribution >= 0.6 is 0 Å². The van der Waals surface area contributed by atoms with Crippen LogP contribution in [0, 0.1) is 11.8 Å². The first kappa shape index (κ1) is 20.2. The molecular formula is C20H31N3O3. The zero-order valence-corrected chi connectivity index (χ0v) is 16.0. The van der Waals surface area contributed by atoms with Crippen molar-refractivity contribution in [1.82, 2.24) is 15.1 Å². The van der Waals surface area contributed by atoms with E-state index in [0.29, 0.717) is 32.1 Å². The molecule has 26 heavy (non-hydrogen) atoms. The van der Waals surface area contributed by atoms with Crippen molar-refractivity contribution in [3.05, 3.63) is 35.9 Å². The number of carboxylic acids is 1. The molecular weight excluding hydrogens is 330 g/mol. The molecule has 144 valence electrons. The molecule has 6 heteroatoms. The molecule has 3 unspecified atom stereocenters. The Bertz CT molecular complexity index is 593. The van der Waals surface area contributed by atoms with E-state index in [1.165, 1.54) is 5.56 Å². The summed E-state index contributed by atoms with van der Waals surface area (Å²) in [6, 6.07) is 10.5. The molecule has 0 aromatic heterocycles. The van der Waals surface area contributed by atoms with Crippen LogP contribution in [0.3, 0.4) is 0 Å². The number of urea groups is 1. The molecule has 1 saturated heterocycles. The van der Waals surface area contributed by atoms with E-state index in [1.807, 2.05) is 25.1 Å². The standard InChI is InChI=1S/C20H31N3O3/c1-15-11-18(19(24)25)14-23(12-15)20(26)21-10-9-16(2)22(3)13-17-7-5-4-6-8-17/h4-8,15-16,18H,9-14H2,1-3H3,(H,21,26)(H,24,25). The maximum atomic E-state index is 12.4. The van der Waals surface area contributed by atoms with Gasteiger partial charge in [-0.2, -0.15) is 0 Å². The van der Waals surface area contributed by atoms with Crippen LogP contribution in [0.4, 0.5) is 4.79 Å². The molecule has 0 spiro atoms. The van der Waals surface area contributed by atoms with Gasteiger partial charge in [0, 0.05) is 32.2 Å². The van der Waals surface area contributed by atoms with Gasteiger partial charge in [0.15, 0.2) is 0 Å². The molecule has 6 nitrogen and oxygen atoms in total. The third-order valence-corrected chi connectivity index (χ3v) is 5.16. The number of carbonyl (C=O) groups is 2. The van der Waals surface area contributed by atoms with Gasteiger partial charge in [-0.15, -0.1) is 0 Å². The molecule has 1 aliphatic heterocycles. The first-order valence-electron chi connectivity index (χ1n) is 9.36. The van der Waals surface area contributed by atoms with Gasteiger partial charge in [0.2, 0.25) is 0 Å². The van der Waals surface area contributed by atoms with E-state index in [2.05, 4.69) is 36.3 Å². The lowest BCUT2D eigenvalue weighted by Gasteiger charge is -2.34. The Morgan fingerprint density at radius 2 is 2.00 bits per heavy atom. The molecule has 0 bridgehead atoms. The molecule has 1 fully saturated rings. The molecule has 2 N–H and O–H groups in total. The minimum Gasteiger partial charge on any atom is -0.481 e. The summed E-state index contributed by atoms with van der Waals surface area (Å²) in [5, 5.41) is 12.2. The Hall–Kier alpha value is -2.08. The van der Waals surface area contributed by atoms with Gasteiger partial charge in [0.1, 0.15) is 0 Å². The zero-order valence-electron chi connectivity index (χ0n) is 16.0. The second-order valence-electron chi connectivity index (χ2n) is 7.55. The van der Waals surface area contributed by atoms with Gasteiger partial charge >= 0.3 is 12.0 Å². The number of carbonyl (C=O) groups excluding carboxylic acids is 1. The highest BCUT2D eigenvalue weighted by Crippen LogP contribution is 2.21. The number of hydrogen-bond donors (Lipinski definition) is 2. The summed E-state index contributed by atoms with van der Waals surface area (Å²) in [5.41, 5.74) is 1.27. The molecule has 0 saturated carbocycles. The number of benzene rings is 1. The van der Waals surface area contributed by atoms with E-state index in [0.717, 1.165) is 13.0 Å². The Labute approximate surface area is 156 Å². The van der Waals surface area contributed by atoms with E-state index in [9.17, 15) is 14.7 Å². The minimum atomic E-state index is -0.814. The second-order valence-corrected chi connectivity index (χ2v) is 7.55. The number of carboxylic acid groups (broad SMARTS) is 1. The fourth-order valence-electron chi connectivity index (χ4n) is 3.44. The van der Waals surface area contributed by atoms with Crippen molar-refractivity contribution in [3.63, 3.8) is 0 Å². The van der Waals surface area contributed by atoms with Gasteiger partial charge in [-0.3, -0.25) is 9.69 Å². The lowest BCUT2D eigenvalue weighted by atomic mass is 9.91. The molecule has 2 rings (SSSR count). The number of rotatable bonds is 7. The third-order valence-electron chi connectivity index (χ3n) is 5.16. The predicted molar refractivity (Wildman–Crippen MR) is 102 cm³/mol. The topological polar surface area (TPSA) is 72.9 Å². The monoisotopic (exact) mass is 361 g/mol. The number of nitrogens with one attached hydrogen (secondary N) is 1. The highest BCUT2D eigenvalue weighted by atomic mass is 16.4. The van der Waals surface area contributed by atoms with Gasteiger partial charge in [-0.1, -0.05) is 37.3 Å². The van der Waals surface area contributed by atoms with Gasteiger partial charge in [-0.25, -0.2) is 4.79 Å². The fourth-order valence-corrected chi connectivity index (χ4v) is 3.44. The Kier molecular flexibility index (Phi) is 7.45. The van der Waals surface area contributed by atoms with Crippen LogP contribution < -0.4 is 5.32 Å². The molecule has 2 amide bonds. The van der Waals surface area contributed by atoms with Crippen molar-refractivity contribution in [2.75, 3.05) is 26.7 Å². The number of likely N-dealkylation sites (tertiary alicyclic amines) is 1. The number of amides is 2. The van der Waals surface area contributed by atoms with Gasteiger partial charge in [0.25, 0.3) is 0 Å². The second kappa shape index (κ2) is 9.57. The van der Waals surface area contributed by atoms with E-state index >= 15 is 0 Å². The number of nitrogens with zero attached hydrogens (tertiary/aromatic N) is 2. The first-order valence-corrected chi connectivity index (χ1v) is 9.36. The first-order chi connectivity index (χ1) is 12.4. The molecule has 1 aliphatic rings. The van der Waals surface area contributed by atoms with E-state index in [4.69, 9.17) is 0 Å². The predicted octanol–water partition coefficient (Wildman–Crippen LogP) is 2.65. The average molecular weight is 361 g/mol. The van der Waals surface area contributed by atoms with Crippen LogP contribution in [0.2, 0.25) is 0 Å². The third kappa shape index (κ3) is 6.02. The Balaban J connectivity index is 1.74. The number of hydrogen-bond acceptors (Lipinski definition) is 3. The maximum Gasteiger partial charge on any atom is 0.317 e. The molecule has 1 aromatic rings. The highest BCUT2D eigenvalue weighted by Gasteiger charge is 2.31. The Morgan fingerprint density at radius 3 is 2.65 bits per heavy atom. The molecule has 0 aliphatic carbocycles. The van der Waals surface area contributed by atoms with Crippen LogP contribution in [-0.2, 0) is 11.3 Å². The van der Waals surface area contributed by atoms with Gasteiger partial charge < -0.3 is 15.3 Å². The summed E-state index contributed by atoms with van der Waals surface area (Å²) in [6.07, 6.45) is 1.49. The van der Waals surface area contributed by atoms with Gasteiger partial charge in [-0.05, 0) is 38.3 Å². The minimum absolute atomic E-state index is 0.152. The molecule has 1 heterocycles. The highest BCUT2D eigenvalue weighted by molar-refractivity contribution is 5.76. The summed E-state index contributed by atoms with van der Waals surface area (Å²) >= 11 is 0. The SMILES string of the molecule is CC1CC(C(=O)O)CN(C(=O)NCCC(C)N(C)Cc2ccccc2)C1. The summed E-state index contributed by atoms with van der Waals surface area (Å²) in [4.78, 5) is 27.5. The van der Waals surface area contributed by atoms with Crippen LogP contribution in [0.15, 0.2) is 30.3 Å². The van der Waals surface area contributed by atoms with Crippen molar-refractivity contribution in [1.29, 1.82) is 0 Å². The number of piperidine rings is 1. The molecule has 3 atom stereocenters. The van der Waals surface area contributed by atoms with Crippen LogP contribution in [0.25, 0.3) is 0 Å². The van der Waals surface area contributed by atoms with Gasteiger partial charge in [0.05, 0.1) is 5.92 Å². The molecule has 1 aromatic carbocycles. The summed E-state index contributed by atoms with van der Waals surface area (Å²) in [5.74, 6) is -1.06. The Morgan fingerprint density at radius 1 is 1.31 bits per heavy atom. The van der Waals surface area contributed by atoms with Crippen LogP contribution in [0.1, 0.15) is 32.3 Å². The fraction of sp³-hybridized carbons (Fsp3) is 0.600. The molecule has 0 radical (unpaired) electrons. The van der Waals surface area contributed by atoms with E-state index in [1.54, 1.807) is 4.90 Å². The van der Waals surface area contributed by atoms with Crippen molar-refractivity contribution in [3.8, 4) is 0 Å². The lowest BCUT2D eigenvalue weighted by molar-refractivity contribution is -0.143. The van der Waals surface area contributed by atoms with Crippen LogP contribution in [0.5, 0.6) is 0 Å². The maximum absolute atomic E-state index is 12.4. The summed E-state index contributed by atoms with van der Waals surface area (Å²) < 4.78 is 0.